The average Bonchev–Trinajstić information content (AvgIpc) is 1.88. The summed E-state index contributed by atoms with van der Waals surface area (Å²) in [6.45, 7) is 6.06. The second-order valence-electron chi connectivity index (χ2n) is 1.97. The molecule has 0 saturated carbocycles. The average molecular weight is 165 g/mol. The first kappa shape index (κ1) is 10.0. The van der Waals surface area contributed by atoms with Gasteiger partial charge in [0.25, 0.3) is 0 Å². The molecule has 2 atom stereocenters. The quantitative estimate of drug-likeness (QED) is 0.587. The normalized spacial score (nSPS) is 14.9. The Kier molecular flexibility index (Phi) is 5.79. The van der Waals surface area contributed by atoms with Crippen molar-refractivity contribution in [3.8, 4) is 0 Å². The number of rotatable bonds is 5. The number of hydrogen-bond donors (Lipinski definition) is 0. The first-order valence-electron chi connectivity index (χ1n) is 3.47. The smallest absolute Gasteiger partial charge is 0.119 e. The molecular weight excluding hydrogens is 151 g/mol. The fourth-order valence-electron chi connectivity index (χ4n) is 0.357. The summed E-state index contributed by atoms with van der Waals surface area (Å²) in [4.78, 5) is 0. The van der Waals surface area contributed by atoms with E-state index in [4.69, 9.17) is 9.05 Å². The van der Waals surface area contributed by atoms with E-state index in [1.54, 1.807) is 6.92 Å². The molecule has 3 nitrogen and oxygen atoms in total. The monoisotopic (exact) mass is 165 g/mol. The van der Waals surface area contributed by atoms with Crippen LogP contribution in [0.3, 0.4) is 0 Å². The Bertz CT molecular complexity index is 105. The van der Waals surface area contributed by atoms with Crippen LogP contribution in [0, 0.1) is 0 Å². The summed E-state index contributed by atoms with van der Waals surface area (Å²) in [5.74, 6) is 0. The van der Waals surface area contributed by atoms with Gasteiger partial charge in [-0.15, -0.1) is 9.05 Å². The van der Waals surface area contributed by atoms with Crippen LogP contribution in [0.2, 0.25) is 0 Å². The van der Waals surface area contributed by atoms with E-state index in [-0.39, 0.29) is 6.10 Å². The van der Waals surface area contributed by atoms with Gasteiger partial charge >= 0.3 is 8.25 Å². The third-order valence-corrected chi connectivity index (χ3v) is 2.08. The van der Waals surface area contributed by atoms with Crippen molar-refractivity contribution in [3.05, 3.63) is 0 Å². The molecule has 60 valence electrons. The highest BCUT2D eigenvalue weighted by Crippen LogP contribution is 2.26. The van der Waals surface area contributed by atoms with Crippen LogP contribution in [0.25, 0.3) is 0 Å². The zero-order valence-electron chi connectivity index (χ0n) is 6.66. The van der Waals surface area contributed by atoms with Gasteiger partial charge < -0.3 is 0 Å². The molecule has 4 heteroatoms. The third kappa shape index (κ3) is 4.86. The van der Waals surface area contributed by atoms with Crippen LogP contribution in [0.15, 0.2) is 0 Å². The van der Waals surface area contributed by atoms with Gasteiger partial charge in [-0.2, -0.15) is 0 Å². The van der Waals surface area contributed by atoms with E-state index in [1.165, 1.54) is 0 Å². The van der Waals surface area contributed by atoms with E-state index in [0.717, 1.165) is 6.42 Å². The topological polar surface area (TPSA) is 35.5 Å². The van der Waals surface area contributed by atoms with Crippen LogP contribution in [0.1, 0.15) is 27.2 Å². The molecule has 0 fully saturated rings. The molecule has 0 rings (SSSR count). The van der Waals surface area contributed by atoms with Crippen LogP contribution >= 0.6 is 8.25 Å². The van der Waals surface area contributed by atoms with Crippen molar-refractivity contribution in [1.29, 1.82) is 0 Å². The third-order valence-electron chi connectivity index (χ3n) is 1.08. The predicted molar refractivity (Wildman–Crippen MR) is 40.1 cm³/mol. The standard InChI is InChI=1S/C6H14O3P/c1-4-6(3)9-10(7)8-5-2/h6H,4-5H2,1-3H3/q+1/t6-/m0/s1. The van der Waals surface area contributed by atoms with Crippen LogP contribution in [-0.2, 0) is 13.6 Å². The summed E-state index contributed by atoms with van der Waals surface area (Å²) in [6.07, 6.45) is 0.879. The lowest BCUT2D eigenvalue weighted by molar-refractivity contribution is 0.177. The zero-order chi connectivity index (χ0) is 7.98. The van der Waals surface area contributed by atoms with Crippen molar-refractivity contribution < 1.29 is 13.6 Å². The molecule has 0 aliphatic carbocycles. The van der Waals surface area contributed by atoms with Gasteiger partial charge in [-0.1, -0.05) is 6.92 Å². The highest BCUT2D eigenvalue weighted by atomic mass is 31.1. The molecule has 10 heavy (non-hydrogen) atoms. The minimum absolute atomic E-state index is 0.0233. The maximum atomic E-state index is 10.7. The summed E-state index contributed by atoms with van der Waals surface area (Å²) < 4.78 is 20.3. The first-order valence-corrected chi connectivity index (χ1v) is 4.57. The van der Waals surface area contributed by atoms with Gasteiger partial charge in [0.1, 0.15) is 12.7 Å². The van der Waals surface area contributed by atoms with Crippen LogP contribution in [-0.4, -0.2) is 12.7 Å². The van der Waals surface area contributed by atoms with E-state index in [2.05, 4.69) is 0 Å². The Balaban J connectivity index is 3.37. The molecule has 0 aliphatic rings. The Labute approximate surface area is 62.7 Å². The molecule has 0 aromatic heterocycles. The molecule has 0 amide bonds. The van der Waals surface area contributed by atoms with E-state index in [1.807, 2.05) is 13.8 Å². The summed E-state index contributed by atoms with van der Waals surface area (Å²) in [5, 5.41) is 0. The second-order valence-corrected chi connectivity index (χ2v) is 2.88. The van der Waals surface area contributed by atoms with Gasteiger partial charge in [0.15, 0.2) is 0 Å². The fourth-order valence-corrected chi connectivity index (χ4v) is 1.07. The van der Waals surface area contributed by atoms with E-state index < -0.39 is 8.25 Å². The van der Waals surface area contributed by atoms with Gasteiger partial charge in [0, 0.05) is 4.57 Å². The molecule has 0 heterocycles. The summed E-state index contributed by atoms with van der Waals surface area (Å²) >= 11 is 0. The molecule has 0 spiro atoms. The molecule has 0 aromatic carbocycles. The van der Waals surface area contributed by atoms with Gasteiger partial charge in [0.2, 0.25) is 0 Å². The van der Waals surface area contributed by atoms with Crippen molar-refractivity contribution in [2.75, 3.05) is 6.61 Å². The highest BCUT2D eigenvalue weighted by Gasteiger charge is 2.22. The highest BCUT2D eigenvalue weighted by molar-refractivity contribution is 7.33. The lowest BCUT2D eigenvalue weighted by atomic mass is 10.3. The Hall–Kier alpha value is 0.0200. The molecular formula is C6H14O3P+. The molecule has 0 radical (unpaired) electrons. The van der Waals surface area contributed by atoms with Gasteiger partial charge in [-0.25, -0.2) is 0 Å². The molecule has 1 unspecified atom stereocenters. The fraction of sp³-hybridized carbons (Fsp3) is 1.00. The first-order chi connectivity index (χ1) is 4.70. The Morgan fingerprint density at radius 2 is 2.10 bits per heavy atom. The van der Waals surface area contributed by atoms with Crippen molar-refractivity contribution in [3.63, 3.8) is 0 Å². The molecule has 0 aliphatic heterocycles. The minimum atomic E-state index is -1.88. The van der Waals surface area contributed by atoms with Crippen molar-refractivity contribution >= 4 is 8.25 Å². The van der Waals surface area contributed by atoms with Crippen molar-refractivity contribution in [1.82, 2.24) is 0 Å². The van der Waals surface area contributed by atoms with Gasteiger partial charge in [-0.3, -0.25) is 0 Å². The molecule has 0 aromatic rings. The van der Waals surface area contributed by atoms with Gasteiger partial charge in [-0.05, 0) is 20.3 Å². The zero-order valence-corrected chi connectivity index (χ0v) is 7.56. The second kappa shape index (κ2) is 5.78. The van der Waals surface area contributed by atoms with E-state index in [0.29, 0.717) is 6.61 Å². The Morgan fingerprint density at radius 1 is 1.50 bits per heavy atom. The summed E-state index contributed by atoms with van der Waals surface area (Å²) in [5.41, 5.74) is 0. The lowest BCUT2D eigenvalue weighted by Crippen LogP contribution is -2.00. The maximum absolute atomic E-state index is 10.7. The van der Waals surface area contributed by atoms with Crippen molar-refractivity contribution in [2.45, 2.75) is 33.3 Å². The van der Waals surface area contributed by atoms with Crippen molar-refractivity contribution in [2.24, 2.45) is 0 Å². The van der Waals surface area contributed by atoms with Crippen LogP contribution in [0.4, 0.5) is 0 Å². The molecule has 0 N–H and O–H groups in total. The molecule has 0 bridgehead atoms. The minimum Gasteiger partial charge on any atom is -0.119 e. The SMILES string of the molecule is CCO[P+](=O)O[C@@H](C)CC. The summed E-state index contributed by atoms with van der Waals surface area (Å²) in [6, 6.07) is 0. The predicted octanol–water partition coefficient (Wildman–Crippen LogP) is 2.50. The van der Waals surface area contributed by atoms with E-state index in [9.17, 15) is 4.57 Å². The van der Waals surface area contributed by atoms with E-state index >= 15 is 0 Å². The van der Waals surface area contributed by atoms with Crippen LogP contribution < -0.4 is 0 Å². The number of hydrogen-bond acceptors (Lipinski definition) is 3. The van der Waals surface area contributed by atoms with Gasteiger partial charge in [0.05, 0.1) is 0 Å². The lowest BCUT2D eigenvalue weighted by Gasteiger charge is -1.95. The molecule has 0 saturated heterocycles. The summed E-state index contributed by atoms with van der Waals surface area (Å²) in [7, 11) is -1.88. The maximum Gasteiger partial charge on any atom is 0.697 e. The van der Waals surface area contributed by atoms with Crippen LogP contribution in [0.5, 0.6) is 0 Å². The largest absolute Gasteiger partial charge is 0.697 e. The Morgan fingerprint density at radius 3 is 2.50 bits per heavy atom.